The molecular weight excluding hydrogens is 540 g/mol. The van der Waals surface area contributed by atoms with E-state index in [1.165, 1.54) is 12.8 Å². The van der Waals surface area contributed by atoms with Crippen LogP contribution in [0, 0.1) is 5.92 Å². The Morgan fingerprint density at radius 1 is 1.00 bits per heavy atom. The molecule has 1 fully saturated rings. The van der Waals surface area contributed by atoms with Crippen LogP contribution in [0.4, 0.5) is 22.7 Å². The first-order valence-electron chi connectivity index (χ1n) is 15.2. The number of amides is 2. The van der Waals surface area contributed by atoms with Crippen molar-refractivity contribution in [1.29, 1.82) is 0 Å². The quantitative estimate of drug-likeness (QED) is 0.237. The number of fused-ring (bicyclic) bond motifs is 1. The van der Waals surface area contributed by atoms with Crippen molar-refractivity contribution in [3.05, 3.63) is 72.3 Å². The molecule has 3 N–H and O–H groups in total. The molecule has 3 aromatic rings. The summed E-state index contributed by atoms with van der Waals surface area (Å²) in [5.41, 5.74) is 5.70. The lowest BCUT2D eigenvalue weighted by atomic mass is 9.87. The highest BCUT2D eigenvalue weighted by Crippen LogP contribution is 2.44. The summed E-state index contributed by atoms with van der Waals surface area (Å²) in [5, 5.41) is 16.9. The Balaban J connectivity index is 1.49. The molecule has 2 amide bonds. The summed E-state index contributed by atoms with van der Waals surface area (Å²) in [4.78, 5) is 29.8. The van der Waals surface area contributed by atoms with Gasteiger partial charge in [0.25, 0.3) is 0 Å². The highest BCUT2D eigenvalue weighted by molar-refractivity contribution is 5.97. The molecular formula is C35H44N4O4. The second-order valence-electron chi connectivity index (χ2n) is 12.8. The number of ether oxygens (including phenoxy) is 1. The van der Waals surface area contributed by atoms with Crippen LogP contribution in [0.5, 0.6) is 0 Å². The maximum absolute atomic E-state index is 13.3. The largest absolute Gasteiger partial charge is 0.385 e. The fourth-order valence-corrected chi connectivity index (χ4v) is 5.94. The van der Waals surface area contributed by atoms with Crippen LogP contribution in [0.1, 0.15) is 72.4 Å². The second-order valence-corrected chi connectivity index (χ2v) is 12.8. The zero-order valence-corrected chi connectivity index (χ0v) is 26.1. The van der Waals surface area contributed by atoms with Gasteiger partial charge < -0.3 is 30.3 Å². The summed E-state index contributed by atoms with van der Waals surface area (Å²) in [7, 11) is 0. The maximum atomic E-state index is 13.3. The number of aliphatic hydroxyl groups is 1. The van der Waals surface area contributed by atoms with E-state index >= 15 is 0 Å². The van der Waals surface area contributed by atoms with Gasteiger partial charge in [0.1, 0.15) is 0 Å². The zero-order valence-electron chi connectivity index (χ0n) is 26.1. The lowest BCUT2D eigenvalue weighted by Crippen LogP contribution is -2.46. The van der Waals surface area contributed by atoms with Gasteiger partial charge in [-0.25, -0.2) is 0 Å². The summed E-state index contributed by atoms with van der Waals surface area (Å²) in [5.74, 6) is 0.687. The maximum Gasteiger partial charge on any atom is 0.235 e. The van der Waals surface area contributed by atoms with Crippen LogP contribution in [0.2, 0.25) is 0 Å². The van der Waals surface area contributed by atoms with Gasteiger partial charge in [0.05, 0.1) is 11.6 Å². The molecule has 1 saturated carbocycles. The summed E-state index contributed by atoms with van der Waals surface area (Å²) in [6, 6.07) is 21.6. The number of aliphatic hydroxyl groups excluding tert-OH is 1. The lowest BCUT2D eigenvalue weighted by Gasteiger charge is -2.43. The van der Waals surface area contributed by atoms with Crippen LogP contribution in [0.25, 0.3) is 11.1 Å². The molecule has 5 rings (SSSR count). The minimum Gasteiger partial charge on any atom is -0.385 e. The molecule has 0 aromatic heterocycles. The third kappa shape index (κ3) is 7.37. The van der Waals surface area contributed by atoms with E-state index in [1.54, 1.807) is 13.8 Å². The van der Waals surface area contributed by atoms with Gasteiger partial charge in [-0.2, -0.15) is 0 Å². The van der Waals surface area contributed by atoms with E-state index in [0.717, 1.165) is 46.2 Å². The highest BCUT2D eigenvalue weighted by atomic mass is 16.6. The van der Waals surface area contributed by atoms with Crippen LogP contribution in [0.15, 0.2) is 66.7 Å². The normalized spacial score (nSPS) is 18.9. The van der Waals surface area contributed by atoms with Gasteiger partial charge in [-0.1, -0.05) is 18.2 Å². The topological polar surface area (TPSA) is 94.1 Å². The van der Waals surface area contributed by atoms with E-state index in [-0.39, 0.29) is 23.9 Å². The van der Waals surface area contributed by atoms with Crippen molar-refractivity contribution < 1.29 is 19.4 Å². The van der Waals surface area contributed by atoms with Gasteiger partial charge in [0.2, 0.25) is 18.2 Å². The predicted molar refractivity (Wildman–Crippen MR) is 173 cm³/mol. The monoisotopic (exact) mass is 584 g/mol. The average molecular weight is 585 g/mol. The van der Waals surface area contributed by atoms with Gasteiger partial charge in [0.15, 0.2) is 0 Å². The van der Waals surface area contributed by atoms with Crippen molar-refractivity contribution >= 4 is 34.6 Å². The summed E-state index contributed by atoms with van der Waals surface area (Å²) < 4.78 is 5.61. The van der Waals surface area contributed by atoms with Crippen LogP contribution >= 0.6 is 0 Å². The summed E-state index contributed by atoms with van der Waals surface area (Å²) >= 11 is 0. The molecule has 2 aliphatic rings. The van der Waals surface area contributed by atoms with Crippen LogP contribution in [-0.4, -0.2) is 41.5 Å². The third-order valence-electron chi connectivity index (χ3n) is 8.03. The minimum atomic E-state index is -1.16. The fraction of sp³-hybridized carbons (Fsp3) is 0.429. The molecule has 3 aromatic carbocycles. The fourth-order valence-electron chi connectivity index (χ4n) is 5.94. The smallest absolute Gasteiger partial charge is 0.235 e. The molecule has 0 radical (unpaired) electrons. The van der Waals surface area contributed by atoms with E-state index in [0.29, 0.717) is 12.1 Å². The minimum absolute atomic E-state index is 0.0283. The molecule has 1 unspecified atom stereocenters. The van der Waals surface area contributed by atoms with E-state index in [9.17, 15) is 14.7 Å². The Bertz CT molecular complexity index is 1460. The van der Waals surface area contributed by atoms with Crippen LogP contribution in [-0.2, 0) is 14.3 Å². The molecule has 1 aliphatic heterocycles. The van der Waals surface area contributed by atoms with E-state index in [1.807, 2.05) is 98.2 Å². The second kappa shape index (κ2) is 12.4. The van der Waals surface area contributed by atoms with Crippen LogP contribution < -0.4 is 20.4 Å². The Kier molecular flexibility index (Phi) is 8.81. The van der Waals surface area contributed by atoms with E-state index < -0.39 is 12.0 Å². The van der Waals surface area contributed by atoms with Crippen molar-refractivity contribution in [3.63, 3.8) is 0 Å². The molecule has 228 valence electrons. The SMILES string of the molecule is CC(=O)N(c1ccc(NCC2CC2)cc1)[C@@H]1C[C@H](C)N(C(C)=O)c2ccc(-c3cccc(NC(O)OC(C)(C)C)c3)cc21. The number of carbonyl (C=O) groups is 2. The number of hydrogen-bond acceptors (Lipinski definition) is 6. The molecule has 1 aliphatic carbocycles. The van der Waals surface area contributed by atoms with Crippen molar-refractivity contribution in [2.45, 2.75) is 84.9 Å². The predicted octanol–water partition coefficient (Wildman–Crippen LogP) is 6.92. The Labute approximate surface area is 255 Å². The molecule has 0 bridgehead atoms. The molecule has 0 saturated heterocycles. The first-order chi connectivity index (χ1) is 20.4. The number of hydrogen-bond donors (Lipinski definition) is 3. The molecule has 1 heterocycles. The van der Waals surface area contributed by atoms with Gasteiger partial charge in [0, 0.05) is 49.2 Å². The van der Waals surface area contributed by atoms with Crippen molar-refractivity contribution in [2.75, 3.05) is 27.0 Å². The number of anilines is 4. The standard InChI is InChI=1S/C35H44N4O4/c1-22-18-33(39(24(3)41)30-15-13-28(14-16-30)36-21-25-10-11-25)31-20-27(12-17-32(31)38(22)23(2)40)26-8-7-9-29(19-26)37-34(42)43-35(4,5)6/h7-9,12-17,19-20,22,25,33-34,36-37,42H,10-11,18,21H2,1-6H3/t22-,33+,34?/m0/s1. The van der Waals surface area contributed by atoms with Gasteiger partial charge in [-0.15, -0.1) is 0 Å². The molecule has 8 nitrogen and oxygen atoms in total. The number of benzene rings is 3. The van der Waals surface area contributed by atoms with Crippen molar-refractivity contribution in [3.8, 4) is 11.1 Å². The number of rotatable bonds is 9. The Morgan fingerprint density at radius 2 is 1.70 bits per heavy atom. The summed E-state index contributed by atoms with van der Waals surface area (Å²) in [6.45, 7) is 11.9. The lowest BCUT2D eigenvalue weighted by molar-refractivity contribution is -0.148. The zero-order chi connectivity index (χ0) is 30.9. The first-order valence-corrected chi connectivity index (χ1v) is 15.2. The molecule has 8 heteroatoms. The van der Waals surface area contributed by atoms with E-state index in [2.05, 4.69) is 16.7 Å². The van der Waals surface area contributed by atoms with E-state index in [4.69, 9.17) is 4.74 Å². The number of nitrogens with one attached hydrogen (secondary N) is 2. The molecule has 3 atom stereocenters. The molecule has 0 spiro atoms. The Morgan fingerprint density at radius 3 is 2.33 bits per heavy atom. The van der Waals surface area contributed by atoms with Crippen LogP contribution in [0.3, 0.4) is 0 Å². The van der Waals surface area contributed by atoms with Crippen molar-refractivity contribution in [2.24, 2.45) is 5.92 Å². The molecule has 43 heavy (non-hydrogen) atoms. The van der Waals surface area contributed by atoms with Gasteiger partial charge in [-0.3, -0.25) is 9.59 Å². The highest BCUT2D eigenvalue weighted by Gasteiger charge is 2.37. The van der Waals surface area contributed by atoms with Gasteiger partial charge >= 0.3 is 0 Å². The number of nitrogens with zero attached hydrogens (tertiary/aromatic N) is 2. The third-order valence-corrected chi connectivity index (χ3v) is 8.03. The Hall–Kier alpha value is -3.88. The summed E-state index contributed by atoms with van der Waals surface area (Å²) in [6.07, 6.45) is 2.02. The van der Waals surface area contributed by atoms with Gasteiger partial charge in [-0.05, 0) is 118 Å². The number of carbonyl (C=O) groups excluding carboxylic acids is 2. The van der Waals surface area contributed by atoms with Crippen molar-refractivity contribution in [1.82, 2.24) is 0 Å². The first kappa shape index (κ1) is 30.6. The average Bonchev–Trinajstić information content (AvgIpc) is 3.76.